The minimum absolute atomic E-state index is 0.0778. The van der Waals surface area contributed by atoms with Crippen LogP contribution in [0.5, 0.6) is 0 Å². The van der Waals surface area contributed by atoms with Crippen LogP contribution in [0, 0.1) is 23.5 Å². The molecule has 0 amide bonds. The highest BCUT2D eigenvalue weighted by atomic mass is 32.2. The van der Waals surface area contributed by atoms with Crippen LogP contribution in [-0.2, 0) is 15.6 Å². The molecule has 1 aliphatic carbocycles. The zero-order valence-corrected chi connectivity index (χ0v) is 22.0. The Hall–Kier alpha value is -2.92. The lowest BCUT2D eigenvalue weighted by molar-refractivity contribution is 0.248. The molecule has 0 atom stereocenters. The van der Waals surface area contributed by atoms with Crippen molar-refractivity contribution in [2.24, 2.45) is 11.8 Å². The van der Waals surface area contributed by atoms with E-state index in [1.807, 2.05) is 12.3 Å². The van der Waals surface area contributed by atoms with E-state index in [1.54, 1.807) is 20.0 Å². The lowest BCUT2D eigenvalue weighted by atomic mass is 10.2. The maximum atomic E-state index is 15.3. The van der Waals surface area contributed by atoms with Gasteiger partial charge in [-0.05, 0) is 36.8 Å². The molecule has 1 saturated heterocycles. The zero-order chi connectivity index (χ0) is 26.2. The second-order valence-electron chi connectivity index (χ2n) is 10.5. The number of rotatable bonds is 9. The number of pyridine rings is 1. The molecule has 2 fully saturated rings. The average molecular weight is 531 g/mol. The SMILES string of the molecule is CC(C)CS(=O)(=O)Cc1ccc(F)c(-n2cc(-c3cncc(N4CCN(CC5CC5)CC4)c3)nn2)c1F. The van der Waals surface area contributed by atoms with Crippen LogP contribution in [-0.4, -0.2) is 71.8 Å². The average Bonchev–Trinajstić information content (AvgIpc) is 3.53. The fourth-order valence-electron chi connectivity index (χ4n) is 4.81. The molecular weight excluding hydrogens is 498 g/mol. The quantitative estimate of drug-likeness (QED) is 0.417. The van der Waals surface area contributed by atoms with E-state index in [2.05, 4.69) is 25.1 Å². The van der Waals surface area contributed by atoms with Crippen molar-refractivity contribution in [1.82, 2.24) is 24.9 Å². The summed E-state index contributed by atoms with van der Waals surface area (Å²) in [6.45, 7) is 8.59. The molecule has 3 heterocycles. The monoisotopic (exact) mass is 530 g/mol. The number of nitrogens with zero attached hydrogens (tertiary/aromatic N) is 6. The van der Waals surface area contributed by atoms with Crippen molar-refractivity contribution in [3.05, 3.63) is 54.0 Å². The molecule has 1 aliphatic heterocycles. The summed E-state index contributed by atoms with van der Waals surface area (Å²) in [6.07, 6.45) is 7.58. The lowest BCUT2D eigenvalue weighted by Crippen LogP contribution is -2.47. The molecule has 2 aliphatic rings. The fourth-order valence-corrected chi connectivity index (χ4v) is 6.64. The molecule has 0 radical (unpaired) electrons. The van der Waals surface area contributed by atoms with E-state index >= 15 is 4.39 Å². The van der Waals surface area contributed by atoms with Gasteiger partial charge in [0.25, 0.3) is 0 Å². The van der Waals surface area contributed by atoms with Crippen LogP contribution < -0.4 is 4.90 Å². The van der Waals surface area contributed by atoms with E-state index in [-0.39, 0.29) is 17.2 Å². The molecule has 37 heavy (non-hydrogen) atoms. The van der Waals surface area contributed by atoms with Gasteiger partial charge in [0, 0.05) is 50.0 Å². The molecule has 5 rings (SSSR count). The third-order valence-electron chi connectivity index (χ3n) is 6.80. The second kappa shape index (κ2) is 10.4. The number of benzene rings is 1. The van der Waals surface area contributed by atoms with Crippen LogP contribution >= 0.6 is 0 Å². The maximum Gasteiger partial charge on any atom is 0.156 e. The minimum atomic E-state index is -3.55. The van der Waals surface area contributed by atoms with Crippen LogP contribution in [0.2, 0.25) is 0 Å². The zero-order valence-electron chi connectivity index (χ0n) is 21.1. The first kappa shape index (κ1) is 25.7. The Balaban J connectivity index is 1.34. The number of halogens is 2. The van der Waals surface area contributed by atoms with Gasteiger partial charge >= 0.3 is 0 Å². The normalized spacial score (nSPS) is 17.1. The summed E-state index contributed by atoms with van der Waals surface area (Å²) in [5.74, 6) is -1.62. The predicted molar refractivity (Wildman–Crippen MR) is 138 cm³/mol. The van der Waals surface area contributed by atoms with Crippen LogP contribution in [0.3, 0.4) is 0 Å². The molecule has 0 spiro atoms. The largest absolute Gasteiger partial charge is 0.368 e. The van der Waals surface area contributed by atoms with E-state index in [0.717, 1.165) is 48.5 Å². The predicted octanol–water partition coefficient (Wildman–Crippen LogP) is 3.71. The van der Waals surface area contributed by atoms with E-state index in [4.69, 9.17) is 0 Å². The third-order valence-corrected chi connectivity index (χ3v) is 8.73. The van der Waals surface area contributed by atoms with Crippen molar-refractivity contribution < 1.29 is 17.2 Å². The van der Waals surface area contributed by atoms with Gasteiger partial charge in [0.05, 0.1) is 29.6 Å². The summed E-state index contributed by atoms with van der Waals surface area (Å²) in [4.78, 5) is 9.16. The van der Waals surface area contributed by atoms with Crippen molar-refractivity contribution in [1.29, 1.82) is 0 Å². The van der Waals surface area contributed by atoms with Gasteiger partial charge in [-0.25, -0.2) is 21.9 Å². The highest BCUT2D eigenvalue weighted by Crippen LogP contribution is 2.31. The van der Waals surface area contributed by atoms with Crippen LogP contribution in [0.4, 0.5) is 14.5 Å². The van der Waals surface area contributed by atoms with Gasteiger partial charge in [0.2, 0.25) is 0 Å². The first-order valence-electron chi connectivity index (χ1n) is 12.7. The molecule has 0 bridgehead atoms. The Morgan fingerprint density at radius 2 is 1.84 bits per heavy atom. The third kappa shape index (κ3) is 6.15. The summed E-state index contributed by atoms with van der Waals surface area (Å²) in [6, 6.07) is 4.19. The van der Waals surface area contributed by atoms with Crippen LogP contribution in [0.15, 0.2) is 36.8 Å². The summed E-state index contributed by atoms with van der Waals surface area (Å²) < 4.78 is 55.8. The maximum absolute atomic E-state index is 15.3. The number of hydrogen-bond acceptors (Lipinski definition) is 7. The molecule has 198 valence electrons. The van der Waals surface area contributed by atoms with E-state index in [9.17, 15) is 12.8 Å². The fraction of sp³-hybridized carbons (Fsp3) is 0.500. The van der Waals surface area contributed by atoms with Crippen LogP contribution in [0.25, 0.3) is 16.9 Å². The molecular formula is C26H32F2N6O2S. The van der Waals surface area contributed by atoms with E-state index in [0.29, 0.717) is 11.3 Å². The Kier molecular flexibility index (Phi) is 7.26. The van der Waals surface area contributed by atoms with Gasteiger partial charge < -0.3 is 4.90 Å². The Morgan fingerprint density at radius 1 is 1.08 bits per heavy atom. The number of hydrogen-bond donors (Lipinski definition) is 0. The summed E-state index contributed by atoms with van der Waals surface area (Å²) >= 11 is 0. The summed E-state index contributed by atoms with van der Waals surface area (Å²) in [5, 5.41) is 8.07. The second-order valence-corrected chi connectivity index (χ2v) is 12.6. The lowest BCUT2D eigenvalue weighted by Gasteiger charge is -2.36. The number of aromatic nitrogens is 4. The molecule has 1 saturated carbocycles. The van der Waals surface area contributed by atoms with Gasteiger partial charge in [-0.2, -0.15) is 0 Å². The Labute approximate surface area is 216 Å². The molecule has 3 aromatic rings. The first-order chi connectivity index (χ1) is 17.7. The van der Waals surface area contributed by atoms with Gasteiger partial charge in [-0.15, -0.1) is 5.10 Å². The Bertz CT molecular complexity index is 1370. The summed E-state index contributed by atoms with van der Waals surface area (Å²) in [5.41, 5.74) is 1.51. The van der Waals surface area contributed by atoms with Crippen molar-refractivity contribution >= 4 is 15.5 Å². The smallest absolute Gasteiger partial charge is 0.156 e. The van der Waals surface area contributed by atoms with Gasteiger partial charge in [0.15, 0.2) is 21.5 Å². The molecule has 1 aromatic carbocycles. The Morgan fingerprint density at radius 3 is 2.54 bits per heavy atom. The van der Waals surface area contributed by atoms with Crippen molar-refractivity contribution in [2.75, 3.05) is 43.4 Å². The summed E-state index contributed by atoms with van der Waals surface area (Å²) in [7, 11) is -3.55. The highest BCUT2D eigenvalue weighted by Gasteiger charge is 2.27. The first-order valence-corrected chi connectivity index (χ1v) is 14.5. The minimum Gasteiger partial charge on any atom is -0.368 e. The van der Waals surface area contributed by atoms with Crippen molar-refractivity contribution in [3.63, 3.8) is 0 Å². The molecule has 11 heteroatoms. The van der Waals surface area contributed by atoms with Gasteiger partial charge in [-0.1, -0.05) is 25.1 Å². The number of piperazine rings is 1. The molecule has 0 N–H and O–H groups in total. The standard InChI is InChI=1S/C26H32F2N6O2S/c1-18(2)16-37(35,36)17-20-5-6-23(27)26(25(20)28)34-15-24(30-31-34)21-11-22(13-29-12-21)33-9-7-32(8-10-33)14-19-3-4-19/h5-6,11-13,15,18-19H,3-4,7-10,14,16-17H2,1-2H3. The van der Waals surface area contributed by atoms with Crippen LogP contribution in [0.1, 0.15) is 32.3 Å². The van der Waals surface area contributed by atoms with Crippen molar-refractivity contribution in [2.45, 2.75) is 32.4 Å². The van der Waals surface area contributed by atoms with Crippen molar-refractivity contribution in [3.8, 4) is 16.9 Å². The number of anilines is 1. The van der Waals surface area contributed by atoms with E-state index in [1.165, 1.54) is 31.6 Å². The molecule has 2 aromatic heterocycles. The topological polar surface area (TPSA) is 84.2 Å². The van der Waals surface area contributed by atoms with Gasteiger partial charge in [-0.3, -0.25) is 9.88 Å². The molecule has 0 unspecified atom stereocenters. The highest BCUT2D eigenvalue weighted by molar-refractivity contribution is 7.90. The molecule has 8 nitrogen and oxygen atoms in total. The van der Waals surface area contributed by atoms with Gasteiger partial charge in [0.1, 0.15) is 11.4 Å². The van der Waals surface area contributed by atoms with E-state index < -0.39 is 32.9 Å². The number of sulfone groups is 1.